The van der Waals surface area contributed by atoms with Crippen molar-refractivity contribution in [1.29, 1.82) is 5.41 Å². The molecule has 0 aliphatic heterocycles. The molecule has 0 spiro atoms. The highest BCUT2D eigenvalue weighted by Gasteiger charge is 2.14. The van der Waals surface area contributed by atoms with Gasteiger partial charge in [0.1, 0.15) is 0 Å². The summed E-state index contributed by atoms with van der Waals surface area (Å²) in [6.07, 6.45) is 0.619. The lowest BCUT2D eigenvalue weighted by atomic mass is 10.1. The zero-order valence-electron chi connectivity index (χ0n) is 9.20. The summed E-state index contributed by atoms with van der Waals surface area (Å²) in [5.74, 6) is 0. The first-order valence-electron chi connectivity index (χ1n) is 4.98. The highest BCUT2D eigenvalue weighted by molar-refractivity contribution is 7.09. The zero-order valence-corrected chi connectivity index (χ0v) is 10.8. The van der Waals surface area contributed by atoms with Crippen LogP contribution in [0.3, 0.4) is 0 Å². The topological polar surface area (TPSA) is 75.7 Å². The van der Waals surface area contributed by atoms with E-state index in [4.69, 9.17) is 22.7 Å². The normalized spacial score (nSPS) is 10.5. The largest absolute Gasteiger partial charge is 0.397 e. The first-order valence-corrected chi connectivity index (χ1v) is 6.23. The summed E-state index contributed by atoms with van der Waals surface area (Å²) in [7, 11) is 0. The second kappa shape index (κ2) is 4.81. The number of nitrogens with one attached hydrogen (secondary N) is 1. The van der Waals surface area contributed by atoms with Crippen LogP contribution in [0.4, 0.5) is 5.69 Å². The van der Waals surface area contributed by atoms with Gasteiger partial charge in [0.25, 0.3) is 0 Å². The van der Waals surface area contributed by atoms with E-state index < -0.39 is 0 Å². The van der Waals surface area contributed by atoms with Crippen molar-refractivity contribution < 1.29 is 0 Å². The molecule has 0 aliphatic carbocycles. The number of aromatic nitrogens is 2. The van der Waals surface area contributed by atoms with Crippen LogP contribution in [0.15, 0.2) is 17.5 Å². The lowest BCUT2D eigenvalue weighted by Gasteiger charge is -2.09. The number of halogens is 1. The molecule has 0 unspecified atom stereocenters. The average Bonchev–Trinajstić information content (AvgIpc) is 2.74. The van der Waals surface area contributed by atoms with Gasteiger partial charge in [0, 0.05) is 17.0 Å². The van der Waals surface area contributed by atoms with Gasteiger partial charge in [-0.2, -0.15) is 5.10 Å². The van der Waals surface area contributed by atoms with Crippen LogP contribution >= 0.6 is 22.9 Å². The second-order valence-corrected chi connectivity index (χ2v) is 5.00. The van der Waals surface area contributed by atoms with Gasteiger partial charge in [-0.3, -0.25) is 0 Å². The molecule has 0 saturated heterocycles. The minimum Gasteiger partial charge on any atom is -0.397 e. The molecule has 6 heteroatoms. The summed E-state index contributed by atoms with van der Waals surface area (Å²) in [6.45, 7) is 1.63. The van der Waals surface area contributed by atoms with Crippen LogP contribution in [0.25, 0.3) is 0 Å². The third kappa shape index (κ3) is 2.45. The Hall–Kier alpha value is -1.46. The molecule has 3 N–H and O–H groups in total. The van der Waals surface area contributed by atoms with Gasteiger partial charge in [0.15, 0.2) is 5.15 Å². The minimum atomic E-state index is 0.185. The number of hydrogen-bond donors (Lipinski definition) is 2. The maximum absolute atomic E-state index is 7.63. The van der Waals surface area contributed by atoms with Gasteiger partial charge in [-0.05, 0) is 18.4 Å². The van der Waals surface area contributed by atoms with Gasteiger partial charge < -0.3 is 11.1 Å². The van der Waals surface area contributed by atoms with Crippen LogP contribution in [-0.2, 0) is 6.42 Å². The van der Waals surface area contributed by atoms with E-state index in [0.29, 0.717) is 29.1 Å². The van der Waals surface area contributed by atoms with Crippen LogP contribution in [0.2, 0.25) is 5.15 Å². The van der Waals surface area contributed by atoms with Crippen LogP contribution in [-0.4, -0.2) is 15.9 Å². The van der Waals surface area contributed by atoms with Crippen molar-refractivity contribution in [3.05, 3.63) is 38.8 Å². The molecule has 0 radical (unpaired) electrons. The van der Waals surface area contributed by atoms with E-state index in [2.05, 4.69) is 10.2 Å². The van der Waals surface area contributed by atoms with E-state index in [1.54, 1.807) is 18.3 Å². The van der Waals surface area contributed by atoms with Crippen molar-refractivity contribution in [3.8, 4) is 0 Å². The highest BCUT2D eigenvalue weighted by Crippen LogP contribution is 2.25. The molecule has 0 saturated carbocycles. The second-order valence-electron chi connectivity index (χ2n) is 3.61. The SMILES string of the molecule is CC(=N)c1c(Cl)nnc(Cc2cccs2)c1N. The Balaban J connectivity index is 2.42. The summed E-state index contributed by atoms with van der Waals surface area (Å²) < 4.78 is 0. The Morgan fingerprint density at radius 3 is 2.88 bits per heavy atom. The Kier molecular flexibility index (Phi) is 3.40. The van der Waals surface area contributed by atoms with Crippen molar-refractivity contribution in [2.24, 2.45) is 0 Å². The van der Waals surface area contributed by atoms with Crippen LogP contribution < -0.4 is 5.73 Å². The standard InChI is InChI=1S/C11H11ClN4S/c1-6(13)9-10(14)8(15-16-11(9)12)5-7-3-2-4-17-7/h2-4,13H,5H2,1H3,(H2,14,16). The molecule has 0 fully saturated rings. The van der Waals surface area contributed by atoms with Crippen LogP contribution in [0.5, 0.6) is 0 Å². The van der Waals surface area contributed by atoms with E-state index in [0.717, 1.165) is 4.88 Å². The Labute approximate surface area is 108 Å². The van der Waals surface area contributed by atoms with Crippen molar-refractivity contribution in [3.63, 3.8) is 0 Å². The van der Waals surface area contributed by atoms with Gasteiger partial charge >= 0.3 is 0 Å². The molecule has 88 valence electrons. The number of nitrogens with two attached hydrogens (primary N) is 1. The van der Waals surface area contributed by atoms with E-state index in [1.165, 1.54) is 0 Å². The molecular formula is C11H11ClN4S. The number of anilines is 1. The van der Waals surface area contributed by atoms with Crippen molar-refractivity contribution in [2.45, 2.75) is 13.3 Å². The van der Waals surface area contributed by atoms with Crippen molar-refractivity contribution >= 4 is 34.3 Å². The summed E-state index contributed by atoms with van der Waals surface area (Å²) in [5, 5.41) is 17.7. The van der Waals surface area contributed by atoms with E-state index >= 15 is 0 Å². The number of thiophene rings is 1. The molecule has 0 amide bonds. The van der Waals surface area contributed by atoms with E-state index in [1.807, 2.05) is 17.5 Å². The van der Waals surface area contributed by atoms with Gasteiger partial charge in [-0.25, -0.2) is 0 Å². The van der Waals surface area contributed by atoms with E-state index in [-0.39, 0.29) is 5.15 Å². The maximum Gasteiger partial charge on any atom is 0.162 e. The summed E-state index contributed by atoms with van der Waals surface area (Å²) in [5.41, 5.74) is 7.87. The van der Waals surface area contributed by atoms with Gasteiger partial charge in [0.05, 0.1) is 16.9 Å². The summed E-state index contributed by atoms with van der Waals surface area (Å²) in [6, 6.07) is 3.99. The number of nitrogens with zero attached hydrogens (tertiary/aromatic N) is 2. The lowest BCUT2D eigenvalue weighted by Crippen LogP contribution is -2.09. The monoisotopic (exact) mass is 266 g/mol. The molecule has 0 aliphatic rings. The predicted octanol–water partition coefficient (Wildman–Crippen LogP) is 2.75. The maximum atomic E-state index is 7.63. The average molecular weight is 267 g/mol. The number of hydrogen-bond acceptors (Lipinski definition) is 5. The lowest BCUT2D eigenvalue weighted by molar-refractivity contribution is 0.945. The van der Waals surface area contributed by atoms with Gasteiger partial charge in [-0.15, -0.1) is 16.4 Å². The number of nitrogen functional groups attached to an aromatic ring is 1. The Morgan fingerprint density at radius 2 is 2.29 bits per heavy atom. The highest BCUT2D eigenvalue weighted by atomic mass is 35.5. The summed E-state index contributed by atoms with van der Waals surface area (Å²) in [4.78, 5) is 1.15. The fourth-order valence-electron chi connectivity index (χ4n) is 1.53. The molecule has 4 nitrogen and oxygen atoms in total. The molecule has 2 heterocycles. The molecule has 0 bridgehead atoms. The minimum absolute atomic E-state index is 0.185. The first-order chi connectivity index (χ1) is 8.09. The third-order valence-corrected chi connectivity index (χ3v) is 3.48. The van der Waals surface area contributed by atoms with Gasteiger partial charge in [0.2, 0.25) is 0 Å². The van der Waals surface area contributed by atoms with Crippen molar-refractivity contribution in [2.75, 3.05) is 5.73 Å². The smallest absolute Gasteiger partial charge is 0.162 e. The van der Waals surface area contributed by atoms with Crippen LogP contribution in [0.1, 0.15) is 23.1 Å². The first kappa shape index (κ1) is 12.0. The fourth-order valence-corrected chi connectivity index (χ4v) is 2.52. The molecule has 17 heavy (non-hydrogen) atoms. The Morgan fingerprint density at radius 1 is 1.53 bits per heavy atom. The molecule has 2 aromatic rings. The number of rotatable bonds is 3. The molecule has 0 aromatic carbocycles. The quantitative estimate of drug-likeness (QED) is 0.839. The molecule has 2 rings (SSSR count). The van der Waals surface area contributed by atoms with Gasteiger partial charge in [-0.1, -0.05) is 17.7 Å². The third-order valence-electron chi connectivity index (χ3n) is 2.34. The predicted molar refractivity (Wildman–Crippen MR) is 71.1 cm³/mol. The van der Waals surface area contributed by atoms with E-state index in [9.17, 15) is 0 Å². The zero-order chi connectivity index (χ0) is 12.4. The fraction of sp³-hybridized carbons (Fsp3) is 0.182. The molecule has 0 atom stereocenters. The Bertz CT molecular complexity index is 551. The van der Waals surface area contributed by atoms with Crippen LogP contribution in [0, 0.1) is 5.41 Å². The summed E-state index contributed by atoms with van der Waals surface area (Å²) >= 11 is 7.52. The molecular weight excluding hydrogens is 256 g/mol. The van der Waals surface area contributed by atoms with Crippen molar-refractivity contribution in [1.82, 2.24) is 10.2 Å². The molecule has 2 aromatic heterocycles.